The van der Waals surface area contributed by atoms with Crippen molar-refractivity contribution in [2.75, 3.05) is 18.8 Å². The van der Waals surface area contributed by atoms with Gasteiger partial charge in [0.1, 0.15) is 0 Å². The van der Waals surface area contributed by atoms with Crippen LogP contribution in [0.25, 0.3) is 0 Å². The van der Waals surface area contributed by atoms with E-state index in [4.69, 9.17) is 0 Å². The maximum atomic E-state index is 12.1. The molecule has 0 saturated carbocycles. The lowest BCUT2D eigenvalue weighted by atomic mass is 10.0. The van der Waals surface area contributed by atoms with Crippen molar-refractivity contribution in [2.45, 2.75) is 44.5 Å². The van der Waals surface area contributed by atoms with E-state index in [1.165, 1.54) is 0 Å². The van der Waals surface area contributed by atoms with E-state index in [2.05, 4.69) is 20.7 Å². The highest BCUT2D eigenvalue weighted by Gasteiger charge is 2.29. The Balaban J connectivity index is 2.47. The maximum absolute atomic E-state index is 12.1. The van der Waals surface area contributed by atoms with Crippen molar-refractivity contribution in [3.8, 4) is 0 Å². The van der Waals surface area contributed by atoms with Gasteiger partial charge in [0.05, 0.1) is 10.6 Å². The first-order valence-electron chi connectivity index (χ1n) is 6.69. The summed E-state index contributed by atoms with van der Waals surface area (Å²) < 4.78 is 25.6. The molecule has 1 fully saturated rings. The second kappa shape index (κ2) is 7.04. The molecule has 1 saturated heterocycles. The van der Waals surface area contributed by atoms with Gasteiger partial charge in [0.15, 0.2) is 0 Å². The van der Waals surface area contributed by atoms with E-state index in [1.54, 1.807) is 6.92 Å². The van der Waals surface area contributed by atoms with Gasteiger partial charge in [-0.3, -0.25) is 4.79 Å². The Labute approximate surface area is 124 Å². The topological polar surface area (TPSA) is 66.5 Å². The Morgan fingerprint density at radius 1 is 1.37 bits per heavy atom. The molecule has 1 aliphatic heterocycles. The number of hydrogen-bond donors (Lipinski definition) is 1. The summed E-state index contributed by atoms with van der Waals surface area (Å²) in [4.78, 5) is 13.8. The normalized spacial score (nSPS) is 19.7. The van der Waals surface area contributed by atoms with Crippen LogP contribution in [0.5, 0.6) is 0 Å². The van der Waals surface area contributed by atoms with Crippen LogP contribution in [0.3, 0.4) is 0 Å². The molecule has 0 aromatic carbocycles. The predicted molar refractivity (Wildman–Crippen MR) is 79.8 cm³/mol. The zero-order chi connectivity index (χ0) is 14.6. The van der Waals surface area contributed by atoms with Gasteiger partial charge in [0.25, 0.3) is 0 Å². The fourth-order valence-electron chi connectivity index (χ4n) is 2.01. The van der Waals surface area contributed by atoms with Gasteiger partial charge < -0.3 is 4.90 Å². The number of piperidine rings is 1. The molecule has 0 radical (unpaired) electrons. The molecule has 0 spiro atoms. The van der Waals surface area contributed by atoms with Crippen LogP contribution in [0.4, 0.5) is 0 Å². The average molecular weight is 355 g/mol. The fourth-order valence-corrected chi connectivity index (χ4v) is 3.21. The molecule has 19 heavy (non-hydrogen) atoms. The van der Waals surface area contributed by atoms with Crippen LogP contribution in [-0.4, -0.2) is 48.9 Å². The first-order chi connectivity index (χ1) is 8.76. The minimum atomic E-state index is -3.15. The minimum Gasteiger partial charge on any atom is -0.342 e. The van der Waals surface area contributed by atoms with Crippen LogP contribution in [-0.2, 0) is 14.8 Å². The molecule has 0 aromatic rings. The van der Waals surface area contributed by atoms with E-state index >= 15 is 0 Å². The number of likely N-dealkylation sites (tertiary alicyclic amines) is 1. The molecule has 1 unspecified atom stereocenters. The second-order valence-corrected chi connectivity index (χ2v) is 8.30. The molecule has 0 bridgehead atoms. The summed E-state index contributed by atoms with van der Waals surface area (Å²) in [7, 11) is -3.15. The van der Waals surface area contributed by atoms with Gasteiger partial charge in [-0.15, -0.1) is 0 Å². The van der Waals surface area contributed by atoms with Crippen LogP contribution in [0.2, 0.25) is 0 Å². The molecule has 112 valence electrons. The monoisotopic (exact) mass is 354 g/mol. The van der Waals surface area contributed by atoms with Gasteiger partial charge in [-0.05, 0) is 25.7 Å². The van der Waals surface area contributed by atoms with E-state index in [0.717, 1.165) is 0 Å². The second-order valence-electron chi connectivity index (χ2n) is 5.27. The van der Waals surface area contributed by atoms with Gasteiger partial charge in [-0.1, -0.05) is 29.8 Å². The summed E-state index contributed by atoms with van der Waals surface area (Å²) >= 11 is 3.42. The van der Waals surface area contributed by atoms with E-state index in [9.17, 15) is 13.2 Å². The first kappa shape index (κ1) is 16.9. The van der Waals surface area contributed by atoms with E-state index in [-0.39, 0.29) is 28.4 Å². The van der Waals surface area contributed by atoms with Gasteiger partial charge in [-0.2, -0.15) is 0 Å². The highest BCUT2D eigenvalue weighted by Crippen LogP contribution is 2.19. The quantitative estimate of drug-likeness (QED) is 0.757. The first-order valence-corrected chi connectivity index (χ1v) is 9.26. The van der Waals surface area contributed by atoms with Crippen molar-refractivity contribution < 1.29 is 13.2 Å². The Kier molecular flexibility index (Phi) is 6.26. The van der Waals surface area contributed by atoms with Crippen LogP contribution in [0.1, 0.15) is 33.6 Å². The summed E-state index contributed by atoms with van der Waals surface area (Å²) in [6, 6.07) is -0.0400. The SMILES string of the molecule is CCS(=O)(=O)NC1CCN(C(=O)C(Br)C(C)C)CC1. The van der Waals surface area contributed by atoms with Crippen molar-refractivity contribution in [2.24, 2.45) is 5.92 Å². The Morgan fingerprint density at radius 2 is 1.89 bits per heavy atom. The third kappa shape index (κ3) is 5.04. The Bertz CT molecular complexity index is 403. The molecule has 0 aromatic heterocycles. The molecule has 1 N–H and O–H groups in total. The van der Waals surface area contributed by atoms with Crippen LogP contribution < -0.4 is 4.72 Å². The number of alkyl halides is 1. The summed E-state index contributed by atoms with van der Waals surface area (Å²) in [6.07, 6.45) is 1.37. The standard InChI is InChI=1S/C12H23BrN2O3S/c1-4-19(17,18)14-10-5-7-15(8-6-10)12(16)11(13)9(2)3/h9-11,14H,4-8H2,1-3H3. The number of hydrogen-bond acceptors (Lipinski definition) is 3. The van der Waals surface area contributed by atoms with Gasteiger partial charge >= 0.3 is 0 Å². The molecule has 5 nitrogen and oxygen atoms in total. The average Bonchev–Trinajstić information content (AvgIpc) is 2.37. The number of carbonyl (C=O) groups is 1. The third-order valence-electron chi connectivity index (χ3n) is 3.35. The number of halogens is 1. The van der Waals surface area contributed by atoms with Gasteiger partial charge in [0.2, 0.25) is 15.9 Å². The lowest BCUT2D eigenvalue weighted by molar-refractivity contribution is -0.132. The summed E-state index contributed by atoms with van der Waals surface area (Å²) in [5.41, 5.74) is 0. The fraction of sp³-hybridized carbons (Fsp3) is 0.917. The highest BCUT2D eigenvalue weighted by molar-refractivity contribution is 9.10. The zero-order valence-electron chi connectivity index (χ0n) is 11.7. The highest BCUT2D eigenvalue weighted by atomic mass is 79.9. The molecule has 0 aliphatic carbocycles. The van der Waals surface area contributed by atoms with Crippen LogP contribution in [0, 0.1) is 5.92 Å². The number of amides is 1. The van der Waals surface area contributed by atoms with Gasteiger partial charge in [-0.25, -0.2) is 13.1 Å². The van der Waals surface area contributed by atoms with Crippen LogP contribution in [0.15, 0.2) is 0 Å². The van der Waals surface area contributed by atoms with Crippen molar-refractivity contribution in [1.82, 2.24) is 9.62 Å². The summed E-state index contributed by atoms with van der Waals surface area (Å²) in [5, 5.41) is 0. The maximum Gasteiger partial charge on any atom is 0.236 e. The summed E-state index contributed by atoms with van der Waals surface area (Å²) in [6.45, 7) is 6.85. The lowest BCUT2D eigenvalue weighted by Crippen LogP contribution is -2.49. The molecular formula is C12H23BrN2O3S. The minimum absolute atomic E-state index is 0.0400. The number of nitrogens with one attached hydrogen (secondary N) is 1. The Hall–Kier alpha value is -0.140. The number of rotatable bonds is 5. The predicted octanol–water partition coefficient (Wildman–Crippen LogP) is 1.34. The zero-order valence-corrected chi connectivity index (χ0v) is 14.1. The molecule has 1 amide bonds. The third-order valence-corrected chi connectivity index (χ3v) is 6.26. The largest absolute Gasteiger partial charge is 0.342 e. The molecule has 1 aliphatic rings. The molecular weight excluding hydrogens is 332 g/mol. The molecule has 7 heteroatoms. The molecule has 1 atom stereocenters. The van der Waals surface area contributed by atoms with Crippen LogP contribution >= 0.6 is 15.9 Å². The molecule has 1 rings (SSSR count). The van der Waals surface area contributed by atoms with Crippen molar-refractivity contribution in [3.63, 3.8) is 0 Å². The van der Waals surface area contributed by atoms with E-state index in [1.807, 2.05) is 18.7 Å². The van der Waals surface area contributed by atoms with Crippen molar-refractivity contribution in [3.05, 3.63) is 0 Å². The van der Waals surface area contributed by atoms with E-state index in [0.29, 0.717) is 25.9 Å². The summed E-state index contributed by atoms with van der Waals surface area (Å²) in [5.74, 6) is 0.457. The number of sulfonamides is 1. The smallest absolute Gasteiger partial charge is 0.236 e. The van der Waals surface area contributed by atoms with Gasteiger partial charge in [0, 0.05) is 19.1 Å². The van der Waals surface area contributed by atoms with Crippen molar-refractivity contribution >= 4 is 31.9 Å². The van der Waals surface area contributed by atoms with E-state index < -0.39 is 10.0 Å². The Morgan fingerprint density at radius 3 is 2.32 bits per heavy atom. The lowest BCUT2D eigenvalue weighted by Gasteiger charge is -2.34. The number of carbonyl (C=O) groups excluding carboxylic acids is 1. The number of nitrogens with zero attached hydrogens (tertiary/aromatic N) is 1. The van der Waals surface area contributed by atoms with Crippen molar-refractivity contribution in [1.29, 1.82) is 0 Å². The molecule has 1 heterocycles.